The highest BCUT2D eigenvalue weighted by atomic mass is 16.5. The van der Waals surface area contributed by atoms with Crippen molar-refractivity contribution in [2.45, 2.75) is 37.2 Å². The first-order chi connectivity index (χ1) is 8.22. The van der Waals surface area contributed by atoms with Crippen LogP contribution in [0.3, 0.4) is 0 Å². The van der Waals surface area contributed by atoms with Crippen LogP contribution in [0.25, 0.3) is 0 Å². The molecule has 1 aromatic carbocycles. The van der Waals surface area contributed by atoms with Crippen molar-refractivity contribution in [2.75, 3.05) is 14.2 Å². The van der Waals surface area contributed by atoms with Gasteiger partial charge in [0.15, 0.2) is 0 Å². The summed E-state index contributed by atoms with van der Waals surface area (Å²) in [7, 11) is 3.43. The second kappa shape index (κ2) is 3.64. The van der Waals surface area contributed by atoms with E-state index < -0.39 is 0 Å². The number of hydrogen-bond donors (Lipinski definition) is 1. The summed E-state index contributed by atoms with van der Waals surface area (Å²) in [6.45, 7) is 0. The lowest BCUT2D eigenvalue weighted by atomic mass is 9.63. The van der Waals surface area contributed by atoms with Crippen molar-refractivity contribution in [3.63, 3.8) is 0 Å². The van der Waals surface area contributed by atoms with Gasteiger partial charge in [0.2, 0.25) is 0 Å². The Kier molecular flexibility index (Phi) is 2.33. The van der Waals surface area contributed by atoms with Gasteiger partial charge in [-0.05, 0) is 43.7 Å². The maximum absolute atomic E-state index is 10.2. The Bertz CT molecular complexity index is 445. The van der Waals surface area contributed by atoms with Crippen molar-refractivity contribution >= 4 is 0 Å². The molecular formula is C14H18O3. The molecule has 3 aliphatic rings. The van der Waals surface area contributed by atoms with Gasteiger partial charge >= 0.3 is 0 Å². The third-order valence-electron chi connectivity index (χ3n) is 4.45. The normalized spacial score (nSPS) is 30.1. The van der Waals surface area contributed by atoms with Crippen LogP contribution >= 0.6 is 0 Å². The molecular weight excluding hydrogens is 216 g/mol. The van der Waals surface area contributed by atoms with E-state index in [9.17, 15) is 5.11 Å². The van der Waals surface area contributed by atoms with Crippen LogP contribution < -0.4 is 4.74 Å². The van der Waals surface area contributed by atoms with E-state index in [1.54, 1.807) is 20.3 Å². The molecule has 3 nitrogen and oxygen atoms in total. The molecule has 3 heteroatoms. The largest absolute Gasteiger partial charge is 0.508 e. The molecule has 92 valence electrons. The lowest BCUT2D eigenvalue weighted by Gasteiger charge is -2.47. The molecule has 0 atom stereocenters. The Morgan fingerprint density at radius 2 is 1.94 bits per heavy atom. The molecule has 1 aromatic rings. The molecule has 0 unspecified atom stereocenters. The van der Waals surface area contributed by atoms with Gasteiger partial charge in [0, 0.05) is 18.2 Å². The maximum atomic E-state index is 10.2. The Labute approximate surface area is 101 Å². The molecule has 3 aliphatic carbocycles. The molecule has 0 heterocycles. The summed E-state index contributed by atoms with van der Waals surface area (Å²) in [6, 6.07) is 3.58. The average Bonchev–Trinajstić information content (AvgIpc) is 2.40. The lowest BCUT2D eigenvalue weighted by Crippen LogP contribution is -2.39. The van der Waals surface area contributed by atoms with Crippen LogP contribution in [0.2, 0.25) is 0 Å². The van der Waals surface area contributed by atoms with E-state index in [1.807, 2.05) is 6.07 Å². The van der Waals surface area contributed by atoms with Crippen molar-refractivity contribution in [3.05, 3.63) is 23.3 Å². The minimum Gasteiger partial charge on any atom is -0.508 e. The van der Waals surface area contributed by atoms with Crippen LogP contribution in [0.5, 0.6) is 11.5 Å². The van der Waals surface area contributed by atoms with Gasteiger partial charge in [-0.2, -0.15) is 0 Å². The molecule has 1 saturated carbocycles. The zero-order valence-corrected chi connectivity index (χ0v) is 10.3. The van der Waals surface area contributed by atoms with Crippen molar-refractivity contribution in [1.82, 2.24) is 0 Å². The van der Waals surface area contributed by atoms with E-state index in [4.69, 9.17) is 9.47 Å². The minimum absolute atomic E-state index is 0.289. The predicted octanol–water partition coefficient (Wildman–Crippen LogP) is 2.91. The van der Waals surface area contributed by atoms with Crippen LogP contribution in [0, 0.1) is 0 Å². The van der Waals surface area contributed by atoms with E-state index in [-0.39, 0.29) is 5.60 Å². The zero-order valence-electron chi connectivity index (χ0n) is 10.3. The Morgan fingerprint density at radius 1 is 1.24 bits per heavy atom. The summed E-state index contributed by atoms with van der Waals surface area (Å²) in [5, 5.41) is 10.2. The molecule has 0 amide bonds. The van der Waals surface area contributed by atoms with Crippen LogP contribution in [0.15, 0.2) is 12.1 Å². The topological polar surface area (TPSA) is 38.7 Å². The molecule has 0 spiro atoms. The van der Waals surface area contributed by atoms with E-state index in [1.165, 1.54) is 5.56 Å². The van der Waals surface area contributed by atoms with Crippen molar-refractivity contribution in [2.24, 2.45) is 0 Å². The number of rotatable bonds is 2. The standard InChI is InChI=1S/C14H18O3/c1-16-11-4-3-10(15)13-12(11)9-5-7-14(13,17-2)8-6-9/h3-4,9,15H,5-8H2,1-2H3. The number of phenolic OH excluding ortho intramolecular Hbond substituents is 1. The van der Waals surface area contributed by atoms with Gasteiger partial charge in [-0.15, -0.1) is 0 Å². The predicted molar refractivity (Wildman–Crippen MR) is 64.6 cm³/mol. The Hall–Kier alpha value is -1.22. The van der Waals surface area contributed by atoms with Gasteiger partial charge in [0.1, 0.15) is 11.5 Å². The van der Waals surface area contributed by atoms with E-state index >= 15 is 0 Å². The van der Waals surface area contributed by atoms with Crippen LogP contribution in [0.1, 0.15) is 42.7 Å². The first kappa shape index (κ1) is 10.9. The summed E-state index contributed by atoms with van der Waals surface area (Å²) in [4.78, 5) is 0. The highest BCUT2D eigenvalue weighted by Gasteiger charge is 2.48. The molecule has 4 rings (SSSR count). The van der Waals surface area contributed by atoms with Gasteiger partial charge in [-0.3, -0.25) is 0 Å². The summed E-state index contributed by atoms with van der Waals surface area (Å²) in [6.07, 6.45) is 4.26. The van der Waals surface area contributed by atoms with Crippen LogP contribution in [-0.2, 0) is 10.3 Å². The number of benzene rings is 1. The van der Waals surface area contributed by atoms with Gasteiger partial charge in [-0.25, -0.2) is 0 Å². The number of fused-ring (bicyclic) bond motifs is 2. The lowest BCUT2D eigenvalue weighted by molar-refractivity contribution is -0.0616. The number of methoxy groups -OCH3 is 2. The van der Waals surface area contributed by atoms with Crippen LogP contribution in [0.4, 0.5) is 0 Å². The van der Waals surface area contributed by atoms with Crippen molar-refractivity contribution in [3.8, 4) is 11.5 Å². The third kappa shape index (κ3) is 1.32. The fourth-order valence-electron chi connectivity index (χ4n) is 3.58. The van der Waals surface area contributed by atoms with Crippen molar-refractivity contribution < 1.29 is 14.6 Å². The second-order valence-corrected chi connectivity index (χ2v) is 5.05. The first-order valence-electron chi connectivity index (χ1n) is 6.17. The fourth-order valence-corrected chi connectivity index (χ4v) is 3.58. The monoisotopic (exact) mass is 234 g/mol. The van der Waals surface area contributed by atoms with Crippen LogP contribution in [-0.4, -0.2) is 19.3 Å². The summed E-state index contributed by atoms with van der Waals surface area (Å²) >= 11 is 0. The number of ether oxygens (including phenoxy) is 2. The Balaban J connectivity index is 2.28. The molecule has 2 bridgehead atoms. The molecule has 1 N–H and O–H groups in total. The molecule has 17 heavy (non-hydrogen) atoms. The quantitative estimate of drug-likeness (QED) is 0.855. The molecule has 0 aliphatic heterocycles. The van der Waals surface area contributed by atoms with E-state index in [0.29, 0.717) is 11.7 Å². The number of aromatic hydroxyl groups is 1. The molecule has 0 radical (unpaired) electrons. The summed E-state index contributed by atoms with van der Waals surface area (Å²) in [5.41, 5.74) is 1.86. The highest BCUT2D eigenvalue weighted by molar-refractivity contribution is 5.55. The third-order valence-corrected chi connectivity index (χ3v) is 4.45. The van der Waals surface area contributed by atoms with Gasteiger partial charge in [0.25, 0.3) is 0 Å². The van der Waals surface area contributed by atoms with E-state index in [2.05, 4.69) is 0 Å². The van der Waals surface area contributed by atoms with E-state index in [0.717, 1.165) is 37.0 Å². The first-order valence-corrected chi connectivity index (χ1v) is 6.17. The second-order valence-electron chi connectivity index (χ2n) is 5.05. The average molecular weight is 234 g/mol. The SMILES string of the molecule is COc1ccc(O)c2c1C1CCC2(OC)CC1. The van der Waals surface area contributed by atoms with Crippen molar-refractivity contribution in [1.29, 1.82) is 0 Å². The number of hydrogen-bond acceptors (Lipinski definition) is 3. The van der Waals surface area contributed by atoms with Gasteiger partial charge in [-0.1, -0.05) is 0 Å². The minimum atomic E-state index is -0.289. The highest BCUT2D eigenvalue weighted by Crippen LogP contribution is 2.58. The smallest absolute Gasteiger partial charge is 0.122 e. The summed E-state index contributed by atoms with van der Waals surface area (Å²) < 4.78 is 11.2. The summed E-state index contributed by atoms with van der Waals surface area (Å²) in [5.74, 6) is 1.76. The maximum Gasteiger partial charge on any atom is 0.122 e. The van der Waals surface area contributed by atoms with Gasteiger partial charge < -0.3 is 14.6 Å². The Morgan fingerprint density at radius 3 is 2.53 bits per heavy atom. The molecule has 0 saturated heterocycles. The molecule has 0 aromatic heterocycles. The zero-order chi connectivity index (χ0) is 12.0. The molecule has 1 fully saturated rings. The fraction of sp³-hybridized carbons (Fsp3) is 0.571. The number of phenols is 1. The van der Waals surface area contributed by atoms with Gasteiger partial charge in [0.05, 0.1) is 12.7 Å².